The van der Waals surface area contributed by atoms with E-state index in [-0.39, 0.29) is 42.3 Å². The average Bonchev–Trinajstić information content (AvgIpc) is 2.72. The predicted octanol–water partition coefficient (Wildman–Crippen LogP) is 3.30. The molecule has 0 aliphatic heterocycles. The number of guanidine groups is 1. The van der Waals surface area contributed by atoms with Crippen molar-refractivity contribution in [3.8, 4) is 0 Å². The summed E-state index contributed by atoms with van der Waals surface area (Å²) in [5.41, 5.74) is 2.24. The van der Waals surface area contributed by atoms with E-state index in [2.05, 4.69) is 39.4 Å². The van der Waals surface area contributed by atoms with E-state index in [4.69, 9.17) is 0 Å². The molecule has 0 amide bonds. The molecular formula is C22H33IN4O2S. The maximum Gasteiger partial charge on any atom is 0.213 e. The summed E-state index contributed by atoms with van der Waals surface area (Å²) in [6.45, 7) is 5.31. The van der Waals surface area contributed by atoms with Crippen LogP contribution in [0, 0.1) is 0 Å². The van der Waals surface area contributed by atoms with E-state index in [1.165, 1.54) is 5.56 Å². The molecular weight excluding hydrogens is 511 g/mol. The van der Waals surface area contributed by atoms with Gasteiger partial charge in [0.1, 0.15) is 0 Å². The van der Waals surface area contributed by atoms with Crippen molar-refractivity contribution < 1.29 is 8.42 Å². The molecule has 0 aliphatic carbocycles. The number of hydrogen-bond acceptors (Lipinski definition) is 3. The van der Waals surface area contributed by atoms with Gasteiger partial charge in [-0.05, 0) is 37.8 Å². The van der Waals surface area contributed by atoms with E-state index in [9.17, 15) is 8.42 Å². The number of aryl methyl sites for hydroxylation is 1. The van der Waals surface area contributed by atoms with Crippen molar-refractivity contribution >= 4 is 40.0 Å². The lowest BCUT2D eigenvalue weighted by Crippen LogP contribution is -2.42. The Balaban J connectivity index is 0.00000450. The Hall–Kier alpha value is -1.65. The summed E-state index contributed by atoms with van der Waals surface area (Å²) in [4.78, 5) is 4.42. The van der Waals surface area contributed by atoms with Crippen molar-refractivity contribution in [2.45, 2.75) is 39.3 Å². The van der Waals surface area contributed by atoms with Crippen LogP contribution in [-0.4, -0.2) is 39.3 Å². The molecule has 0 fully saturated rings. The van der Waals surface area contributed by atoms with E-state index in [0.717, 1.165) is 24.9 Å². The Morgan fingerprint density at radius 3 is 2.20 bits per heavy atom. The molecule has 0 saturated heterocycles. The molecule has 0 radical (unpaired) electrons. The Morgan fingerprint density at radius 2 is 1.60 bits per heavy atom. The van der Waals surface area contributed by atoms with E-state index < -0.39 is 10.0 Å². The Bertz CT molecular complexity index is 846. The van der Waals surface area contributed by atoms with Crippen LogP contribution < -0.4 is 15.4 Å². The largest absolute Gasteiger partial charge is 0.357 e. The molecule has 2 aromatic carbocycles. The number of sulfonamides is 1. The maximum absolute atomic E-state index is 12.2. The Morgan fingerprint density at radius 1 is 1.00 bits per heavy atom. The molecule has 6 nitrogen and oxygen atoms in total. The number of halogens is 1. The highest BCUT2D eigenvalue weighted by molar-refractivity contribution is 14.0. The minimum Gasteiger partial charge on any atom is -0.357 e. The highest BCUT2D eigenvalue weighted by Crippen LogP contribution is 2.04. The van der Waals surface area contributed by atoms with Gasteiger partial charge in [0.15, 0.2) is 5.96 Å². The molecule has 30 heavy (non-hydrogen) atoms. The minimum absolute atomic E-state index is 0. The van der Waals surface area contributed by atoms with Crippen LogP contribution in [0.3, 0.4) is 0 Å². The fraction of sp³-hybridized carbons (Fsp3) is 0.409. The lowest BCUT2D eigenvalue weighted by molar-refractivity contribution is 0.580. The topological polar surface area (TPSA) is 82.6 Å². The molecule has 1 atom stereocenters. The van der Waals surface area contributed by atoms with Gasteiger partial charge in [0.25, 0.3) is 0 Å². The van der Waals surface area contributed by atoms with Crippen LogP contribution in [0.25, 0.3) is 0 Å². The highest BCUT2D eigenvalue weighted by atomic mass is 127. The molecule has 2 aromatic rings. The summed E-state index contributed by atoms with van der Waals surface area (Å²) >= 11 is 0. The van der Waals surface area contributed by atoms with E-state index in [0.29, 0.717) is 12.5 Å². The number of hydrogen-bond donors (Lipinski definition) is 3. The smallest absolute Gasteiger partial charge is 0.213 e. The minimum atomic E-state index is -3.38. The SMILES string of the molecule is CCNC(=NCCS(=O)(=O)NCc1ccccc1)NC(C)CCc1ccccc1.I. The molecule has 3 N–H and O–H groups in total. The van der Waals surface area contributed by atoms with Gasteiger partial charge in [-0.2, -0.15) is 0 Å². The molecule has 8 heteroatoms. The number of nitrogens with one attached hydrogen (secondary N) is 3. The summed E-state index contributed by atoms with van der Waals surface area (Å²) < 4.78 is 27.0. The van der Waals surface area contributed by atoms with E-state index in [1.54, 1.807) is 0 Å². The van der Waals surface area contributed by atoms with Gasteiger partial charge in [0.05, 0.1) is 12.3 Å². The van der Waals surface area contributed by atoms with Crippen molar-refractivity contribution in [2.24, 2.45) is 4.99 Å². The van der Waals surface area contributed by atoms with Crippen LogP contribution >= 0.6 is 24.0 Å². The Kier molecular flexibility index (Phi) is 12.6. The van der Waals surface area contributed by atoms with Crippen LogP contribution in [0.15, 0.2) is 65.7 Å². The van der Waals surface area contributed by atoms with Crippen LogP contribution in [0.1, 0.15) is 31.4 Å². The van der Waals surface area contributed by atoms with Crippen molar-refractivity contribution in [3.63, 3.8) is 0 Å². The standard InChI is InChI=1S/C22H32N4O2S.HI/c1-3-23-22(26-19(2)14-15-20-10-6-4-7-11-20)24-16-17-29(27,28)25-18-21-12-8-5-9-13-21;/h4-13,19,25H,3,14-18H2,1-2H3,(H2,23,24,26);1H. The van der Waals surface area contributed by atoms with E-state index >= 15 is 0 Å². The predicted molar refractivity (Wildman–Crippen MR) is 136 cm³/mol. The zero-order valence-corrected chi connectivity index (χ0v) is 20.8. The van der Waals surface area contributed by atoms with Crippen LogP contribution in [-0.2, 0) is 23.0 Å². The first-order chi connectivity index (χ1) is 14.0. The molecule has 1 unspecified atom stereocenters. The van der Waals surface area contributed by atoms with Crippen molar-refractivity contribution in [1.29, 1.82) is 0 Å². The number of nitrogens with zero attached hydrogens (tertiary/aromatic N) is 1. The van der Waals surface area contributed by atoms with Gasteiger partial charge in [-0.3, -0.25) is 4.99 Å². The average molecular weight is 545 g/mol. The molecule has 0 aromatic heterocycles. The summed E-state index contributed by atoms with van der Waals surface area (Å²) in [6.07, 6.45) is 1.94. The number of aliphatic imine (C=N–C) groups is 1. The molecule has 0 bridgehead atoms. The molecule has 2 rings (SSSR count). The third-order valence-electron chi connectivity index (χ3n) is 4.41. The monoisotopic (exact) mass is 544 g/mol. The van der Waals surface area contributed by atoms with E-state index in [1.807, 2.05) is 55.5 Å². The van der Waals surface area contributed by atoms with Crippen LogP contribution in [0.4, 0.5) is 0 Å². The zero-order chi connectivity index (χ0) is 21.0. The first kappa shape index (κ1) is 26.4. The van der Waals surface area contributed by atoms with Gasteiger partial charge in [0, 0.05) is 19.1 Å². The number of rotatable bonds is 11. The van der Waals surface area contributed by atoms with Gasteiger partial charge < -0.3 is 10.6 Å². The van der Waals surface area contributed by atoms with Gasteiger partial charge in [0.2, 0.25) is 10.0 Å². The lowest BCUT2D eigenvalue weighted by Gasteiger charge is -2.18. The van der Waals surface area contributed by atoms with Crippen molar-refractivity contribution in [1.82, 2.24) is 15.4 Å². The molecule has 0 spiro atoms. The quantitative estimate of drug-likeness (QED) is 0.231. The van der Waals surface area contributed by atoms with Crippen LogP contribution in [0.2, 0.25) is 0 Å². The first-order valence-corrected chi connectivity index (χ1v) is 11.7. The third kappa shape index (κ3) is 10.9. The summed E-state index contributed by atoms with van der Waals surface area (Å²) in [5.74, 6) is 0.598. The summed E-state index contributed by atoms with van der Waals surface area (Å²) in [6, 6.07) is 20.1. The van der Waals surface area contributed by atoms with Gasteiger partial charge >= 0.3 is 0 Å². The second-order valence-electron chi connectivity index (χ2n) is 6.96. The highest BCUT2D eigenvalue weighted by Gasteiger charge is 2.10. The van der Waals surface area contributed by atoms with Gasteiger partial charge in [-0.1, -0.05) is 60.7 Å². The summed E-state index contributed by atoms with van der Waals surface area (Å²) in [7, 11) is -3.38. The lowest BCUT2D eigenvalue weighted by atomic mass is 10.1. The summed E-state index contributed by atoms with van der Waals surface area (Å²) in [5, 5.41) is 6.54. The van der Waals surface area contributed by atoms with Crippen LogP contribution in [0.5, 0.6) is 0 Å². The maximum atomic E-state index is 12.2. The third-order valence-corrected chi connectivity index (χ3v) is 5.71. The Labute approximate surface area is 198 Å². The fourth-order valence-corrected chi connectivity index (χ4v) is 3.65. The van der Waals surface area contributed by atoms with Gasteiger partial charge in [-0.15, -0.1) is 24.0 Å². The molecule has 166 valence electrons. The normalized spacial score (nSPS) is 12.7. The second kappa shape index (κ2) is 14.4. The molecule has 0 saturated carbocycles. The zero-order valence-electron chi connectivity index (χ0n) is 17.7. The first-order valence-electron chi connectivity index (χ1n) is 10.1. The van der Waals surface area contributed by atoms with Crippen molar-refractivity contribution in [3.05, 3.63) is 71.8 Å². The van der Waals surface area contributed by atoms with Crippen molar-refractivity contribution in [2.75, 3.05) is 18.8 Å². The molecule has 0 aliphatic rings. The molecule has 0 heterocycles. The van der Waals surface area contributed by atoms with Gasteiger partial charge in [-0.25, -0.2) is 13.1 Å². The second-order valence-corrected chi connectivity index (χ2v) is 8.88. The number of benzene rings is 2. The fourth-order valence-electron chi connectivity index (χ4n) is 2.79.